The minimum atomic E-state index is -0.516. The summed E-state index contributed by atoms with van der Waals surface area (Å²) in [6.45, 7) is 1.66. The van der Waals surface area contributed by atoms with E-state index < -0.39 is 5.97 Å². The number of hydrogen-bond acceptors (Lipinski definition) is 7. The second-order valence-corrected chi connectivity index (χ2v) is 8.33. The van der Waals surface area contributed by atoms with E-state index in [0.29, 0.717) is 49.5 Å². The Morgan fingerprint density at radius 2 is 1.71 bits per heavy atom. The van der Waals surface area contributed by atoms with Crippen LogP contribution in [0.4, 0.5) is 15.3 Å². The molecule has 2 heterocycles. The number of hydrogen-bond donors (Lipinski definition) is 1. The van der Waals surface area contributed by atoms with Crippen molar-refractivity contribution < 1.29 is 33.3 Å². The molecule has 2 fully saturated rings. The highest BCUT2D eigenvalue weighted by molar-refractivity contribution is 6.00. The zero-order valence-electron chi connectivity index (χ0n) is 19.8. The fourth-order valence-electron chi connectivity index (χ4n) is 4.24. The van der Waals surface area contributed by atoms with Gasteiger partial charge >= 0.3 is 18.1 Å². The molecule has 1 unspecified atom stereocenters. The number of cyclic esters (lactones) is 1. The summed E-state index contributed by atoms with van der Waals surface area (Å²) >= 11 is 0. The first-order valence-electron chi connectivity index (χ1n) is 11.5. The van der Waals surface area contributed by atoms with Crippen LogP contribution in [0.3, 0.4) is 0 Å². The van der Waals surface area contributed by atoms with E-state index in [0.717, 1.165) is 5.75 Å². The Labute approximate surface area is 203 Å². The van der Waals surface area contributed by atoms with Gasteiger partial charge in [0.2, 0.25) is 0 Å². The van der Waals surface area contributed by atoms with Crippen LogP contribution in [-0.2, 0) is 9.47 Å². The Morgan fingerprint density at radius 1 is 1.03 bits per heavy atom. The third-order valence-electron chi connectivity index (χ3n) is 6.16. The highest BCUT2D eigenvalue weighted by Gasteiger charge is 2.38. The molecule has 0 saturated carbocycles. The number of carbonyl (C=O) groups excluding carboxylic acids is 3. The number of rotatable bonds is 7. The van der Waals surface area contributed by atoms with Crippen LogP contribution in [0.1, 0.15) is 23.2 Å². The molecule has 0 aliphatic carbocycles. The van der Waals surface area contributed by atoms with Crippen LogP contribution >= 0.6 is 0 Å². The molecule has 1 atom stereocenters. The molecule has 3 amide bonds. The van der Waals surface area contributed by atoms with Crippen LogP contribution in [0.25, 0.3) is 0 Å². The molecule has 2 aromatic rings. The van der Waals surface area contributed by atoms with Gasteiger partial charge < -0.3 is 34.1 Å². The van der Waals surface area contributed by atoms with Gasteiger partial charge in [-0.15, -0.1) is 0 Å². The smallest absolute Gasteiger partial charge is 0.410 e. The maximum absolute atomic E-state index is 12.8. The van der Waals surface area contributed by atoms with Gasteiger partial charge in [0.25, 0.3) is 0 Å². The quantitative estimate of drug-likeness (QED) is 0.602. The molecule has 2 aromatic carbocycles. The Hall–Kier alpha value is -3.95. The molecule has 0 radical (unpaired) electrons. The van der Waals surface area contributed by atoms with Crippen LogP contribution in [0, 0.1) is 0 Å². The first-order chi connectivity index (χ1) is 17.0. The van der Waals surface area contributed by atoms with Gasteiger partial charge in [-0.1, -0.05) is 12.1 Å². The van der Waals surface area contributed by atoms with Crippen molar-refractivity contribution in [3.63, 3.8) is 0 Å². The monoisotopic (exact) mass is 483 g/mol. The number of benzene rings is 2. The number of anilines is 1. The van der Waals surface area contributed by atoms with E-state index in [1.807, 2.05) is 0 Å². The number of carbonyl (C=O) groups is 3. The number of piperidine rings is 1. The summed E-state index contributed by atoms with van der Waals surface area (Å²) < 4.78 is 21.2. The first-order valence-corrected chi connectivity index (χ1v) is 11.5. The Bertz CT molecular complexity index is 1050. The number of para-hydroxylation sites is 1. The summed E-state index contributed by atoms with van der Waals surface area (Å²) in [5, 5.41) is 2.79. The molecular formula is C25H29N3O7. The SMILES string of the molecule is COC(=O)c1ccccc1NC(=O)N1CCC(N2CC(COc3ccc(OC)cc3)OC2=O)CC1. The van der Waals surface area contributed by atoms with E-state index in [9.17, 15) is 14.4 Å². The number of nitrogens with one attached hydrogen (secondary N) is 1. The maximum Gasteiger partial charge on any atom is 0.410 e. The summed E-state index contributed by atoms with van der Waals surface area (Å²) in [7, 11) is 2.90. The van der Waals surface area contributed by atoms with E-state index >= 15 is 0 Å². The van der Waals surface area contributed by atoms with Crippen LogP contribution in [-0.4, -0.2) is 80.5 Å². The van der Waals surface area contributed by atoms with E-state index in [4.69, 9.17) is 18.9 Å². The van der Waals surface area contributed by atoms with Crippen LogP contribution in [0.5, 0.6) is 11.5 Å². The lowest BCUT2D eigenvalue weighted by molar-refractivity contribution is 0.0602. The Kier molecular flexibility index (Phi) is 7.59. The van der Waals surface area contributed by atoms with Gasteiger partial charge in [0, 0.05) is 19.1 Å². The van der Waals surface area contributed by atoms with E-state index in [1.54, 1.807) is 65.4 Å². The van der Waals surface area contributed by atoms with Gasteiger partial charge in [0.15, 0.2) is 6.10 Å². The first kappa shape index (κ1) is 24.2. The van der Waals surface area contributed by atoms with Crippen molar-refractivity contribution in [2.75, 3.05) is 45.8 Å². The molecule has 2 aliphatic rings. The predicted molar refractivity (Wildman–Crippen MR) is 127 cm³/mol. The third-order valence-corrected chi connectivity index (χ3v) is 6.16. The number of amides is 3. The number of likely N-dealkylation sites (tertiary alicyclic amines) is 1. The van der Waals surface area contributed by atoms with Gasteiger partial charge in [-0.2, -0.15) is 0 Å². The van der Waals surface area contributed by atoms with Gasteiger partial charge in [-0.05, 0) is 49.2 Å². The molecule has 0 aromatic heterocycles. The summed E-state index contributed by atoms with van der Waals surface area (Å²) in [5.41, 5.74) is 0.690. The van der Waals surface area contributed by atoms with Crippen molar-refractivity contribution in [2.45, 2.75) is 25.0 Å². The average molecular weight is 484 g/mol. The average Bonchev–Trinajstić information content (AvgIpc) is 3.28. The Balaban J connectivity index is 1.26. The number of methoxy groups -OCH3 is 2. The van der Waals surface area contributed by atoms with Crippen molar-refractivity contribution >= 4 is 23.8 Å². The lowest BCUT2D eigenvalue weighted by Crippen LogP contribution is -2.48. The molecule has 1 N–H and O–H groups in total. The highest BCUT2D eigenvalue weighted by atomic mass is 16.6. The number of urea groups is 1. The van der Waals surface area contributed by atoms with Crippen molar-refractivity contribution in [1.82, 2.24) is 9.80 Å². The molecule has 2 saturated heterocycles. The van der Waals surface area contributed by atoms with Crippen molar-refractivity contribution in [2.24, 2.45) is 0 Å². The second-order valence-electron chi connectivity index (χ2n) is 8.33. The number of nitrogens with zero attached hydrogens (tertiary/aromatic N) is 2. The van der Waals surface area contributed by atoms with Crippen molar-refractivity contribution in [3.8, 4) is 11.5 Å². The topological polar surface area (TPSA) is 107 Å². The molecule has 10 nitrogen and oxygen atoms in total. The normalized spacial score (nSPS) is 18.1. The van der Waals surface area contributed by atoms with E-state index in [-0.39, 0.29) is 30.9 Å². The standard InChI is InChI=1S/C25H29N3O7/c1-32-18-7-9-19(10-8-18)34-16-20-15-28(25(31)35-20)17-11-13-27(14-12-17)24(30)26-22-6-4-3-5-21(22)23(29)33-2/h3-10,17,20H,11-16H2,1-2H3,(H,26,30). The zero-order valence-corrected chi connectivity index (χ0v) is 19.8. The predicted octanol–water partition coefficient (Wildman–Crippen LogP) is 3.38. The molecule has 186 valence electrons. The Morgan fingerprint density at radius 3 is 2.40 bits per heavy atom. The fourth-order valence-corrected chi connectivity index (χ4v) is 4.24. The number of ether oxygens (including phenoxy) is 4. The number of esters is 1. The van der Waals surface area contributed by atoms with Gasteiger partial charge in [-0.3, -0.25) is 0 Å². The molecule has 2 aliphatic heterocycles. The zero-order chi connectivity index (χ0) is 24.8. The largest absolute Gasteiger partial charge is 0.497 e. The third kappa shape index (κ3) is 5.76. The van der Waals surface area contributed by atoms with E-state index in [1.165, 1.54) is 7.11 Å². The van der Waals surface area contributed by atoms with Gasteiger partial charge in [0.05, 0.1) is 32.0 Å². The van der Waals surface area contributed by atoms with E-state index in [2.05, 4.69) is 5.32 Å². The van der Waals surface area contributed by atoms with Gasteiger partial charge in [-0.25, -0.2) is 14.4 Å². The minimum Gasteiger partial charge on any atom is -0.497 e. The lowest BCUT2D eigenvalue weighted by atomic mass is 10.0. The van der Waals surface area contributed by atoms with Crippen LogP contribution in [0.15, 0.2) is 48.5 Å². The summed E-state index contributed by atoms with van der Waals surface area (Å²) in [6.07, 6.45) is 0.546. The molecule has 35 heavy (non-hydrogen) atoms. The summed E-state index contributed by atoms with van der Waals surface area (Å²) in [4.78, 5) is 40.6. The minimum absolute atomic E-state index is 0.0140. The molecule has 10 heteroatoms. The maximum atomic E-state index is 12.8. The molecule has 0 spiro atoms. The fraction of sp³-hybridized carbons (Fsp3) is 0.400. The molecule has 0 bridgehead atoms. The lowest BCUT2D eigenvalue weighted by Gasteiger charge is -2.35. The second kappa shape index (κ2) is 11.0. The highest BCUT2D eigenvalue weighted by Crippen LogP contribution is 2.25. The van der Waals surface area contributed by atoms with Crippen molar-refractivity contribution in [1.29, 1.82) is 0 Å². The molecular weight excluding hydrogens is 454 g/mol. The van der Waals surface area contributed by atoms with Crippen LogP contribution in [0.2, 0.25) is 0 Å². The summed E-state index contributed by atoms with van der Waals surface area (Å²) in [5.74, 6) is 0.898. The summed E-state index contributed by atoms with van der Waals surface area (Å²) in [6, 6.07) is 13.6. The van der Waals surface area contributed by atoms with Crippen LogP contribution < -0.4 is 14.8 Å². The molecule has 4 rings (SSSR count). The van der Waals surface area contributed by atoms with Crippen molar-refractivity contribution in [3.05, 3.63) is 54.1 Å². The van der Waals surface area contributed by atoms with Gasteiger partial charge in [0.1, 0.15) is 18.1 Å².